The van der Waals surface area contributed by atoms with Crippen LogP contribution in [-0.2, 0) is 11.2 Å². The van der Waals surface area contributed by atoms with Crippen molar-refractivity contribution in [3.05, 3.63) is 102 Å². The van der Waals surface area contributed by atoms with Crippen molar-refractivity contribution >= 4 is 0 Å². The van der Waals surface area contributed by atoms with E-state index in [9.17, 15) is 5.11 Å². The molecule has 3 aromatic rings. The van der Waals surface area contributed by atoms with Crippen molar-refractivity contribution in [2.45, 2.75) is 38.5 Å². The number of hydrogen-bond donors (Lipinski definition) is 1. The lowest BCUT2D eigenvalue weighted by Crippen LogP contribution is -2.42. The van der Waals surface area contributed by atoms with Crippen LogP contribution >= 0.6 is 0 Å². The van der Waals surface area contributed by atoms with Crippen molar-refractivity contribution < 1.29 is 14.6 Å². The second-order valence-corrected chi connectivity index (χ2v) is 8.37. The van der Waals surface area contributed by atoms with E-state index in [1.165, 1.54) is 16.7 Å². The molecular formula is C28H35NO3. The first kappa shape index (κ1) is 24.0. The molecule has 4 heteroatoms. The van der Waals surface area contributed by atoms with Gasteiger partial charge in [-0.3, -0.25) is 4.90 Å². The van der Waals surface area contributed by atoms with Gasteiger partial charge in [-0.15, -0.1) is 0 Å². The summed E-state index contributed by atoms with van der Waals surface area (Å²) in [6, 6.07) is 29.3. The van der Waals surface area contributed by atoms with Gasteiger partial charge in [-0.1, -0.05) is 72.8 Å². The smallest absolute Gasteiger partial charge is 0.119 e. The number of aliphatic hydroxyl groups is 1. The number of methoxy groups -OCH3 is 1. The van der Waals surface area contributed by atoms with Crippen LogP contribution in [0, 0.1) is 0 Å². The van der Waals surface area contributed by atoms with Gasteiger partial charge >= 0.3 is 0 Å². The summed E-state index contributed by atoms with van der Waals surface area (Å²) in [7, 11) is 1.71. The van der Waals surface area contributed by atoms with Crippen molar-refractivity contribution in [3.63, 3.8) is 0 Å². The summed E-state index contributed by atoms with van der Waals surface area (Å²) in [4.78, 5) is 2.34. The molecule has 0 aromatic heterocycles. The molecule has 0 heterocycles. The molecule has 0 aliphatic rings. The summed E-state index contributed by atoms with van der Waals surface area (Å²) >= 11 is 0. The maximum Gasteiger partial charge on any atom is 0.119 e. The van der Waals surface area contributed by atoms with E-state index in [-0.39, 0.29) is 18.7 Å². The van der Waals surface area contributed by atoms with Gasteiger partial charge in [0.15, 0.2) is 0 Å². The highest BCUT2D eigenvalue weighted by Crippen LogP contribution is 2.30. The molecule has 4 nitrogen and oxygen atoms in total. The van der Waals surface area contributed by atoms with Crippen LogP contribution in [0.4, 0.5) is 0 Å². The van der Waals surface area contributed by atoms with E-state index in [4.69, 9.17) is 9.47 Å². The molecule has 0 saturated heterocycles. The zero-order valence-corrected chi connectivity index (χ0v) is 19.4. The SMILES string of the molecule is COCCc1ccc(OCC(O)CN(C(C)C)C(c2ccccc2)c2ccccc2)cc1. The Bertz CT molecular complexity index is 857. The van der Waals surface area contributed by atoms with Gasteiger partial charge in [-0.2, -0.15) is 0 Å². The average molecular weight is 434 g/mol. The monoisotopic (exact) mass is 433 g/mol. The zero-order valence-electron chi connectivity index (χ0n) is 19.4. The molecule has 1 N–H and O–H groups in total. The number of aliphatic hydroxyl groups excluding tert-OH is 1. The van der Waals surface area contributed by atoms with Crippen LogP contribution in [0.2, 0.25) is 0 Å². The van der Waals surface area contributed by atoms with E-state index in [0.717, 1.165) is 12.2 Å². The predicted molar refractivity (Wildman–Crippen MR) is 130 cm³/mol. The minimum Gasteiger partial charge on any atom is -0.491 e. The van der Waals surface area contributed by atoms with E-state index in [1.54, 1.807) is 7.11 Å². The van der Waals surface area contributed by atoms with Crippen LogP contribution in [0.1, 0.15) is 36.6 Å². The van der Waals surface area contributed by atoms with E-state index in [1.807, 2.05) is 36.4 Å². The minimum absolute atomic E-state index is 0.0621. The first-order chi connectivity index (χ1) is 15.6. The number of ether oxygens (including phenoxy) is 2. The highest BCUT2D eigenvalue weighted by Gasteiger charge is 2.26. The highest BCUT2D eigenvalue weighted by atomic mass is 16.5. The first-order valence-corrected chi connectivity index (χ1v) is 11.3. The minimum atomic E-state index is -0.611. The van der Waals surface area contributed by atoms with Crippen molar-refractivity contribution in [3.8, 4) is 5.75 Å². The molecule has 3 rings (SSSR count). The van der Waals surface area contributed by atoms with Crippen LogP contribution in [0.5, 0.6) is 5.75 Å². The fourth-order valence-electron chi connectivity index (χ4n) is 3.92. The van der Waals surface area contributed by atoms with Crippen LogP contribution in [-0.4, -0.2) is 49.0 Å². The van der Waals surface area contributed by atoms with Gasteiger partial charge in [-0.05, 0) is 49.1 Å². The molecular weight excluding hydrogens is 398 g/mol. The third-order valence-electron chi connectivity index (χ3n) is 5.61. The number of rotatable bonds is 12. The van der Waals surface area contributed by atoms with Gasteiger partial charge in [0.05, 0.1) is 12.6 Å². The van der Waals surface area contributed by atoms with Gasteiger partial charge in [0, 0.05) is 19.7 Å². The Kier molecular flexibility index (Phi) is 9.29. The molecule has 0 bridgehead atoms. The van der Waals surface area contributed by atoms with Crippen molar-refractivity contribution in [1.82, 2.24) is 4.90 Å². The Labute approximate surface area is 192 Å². The van der Waals surface area contributed by atoms with Crippen LogP contribution in [0.3, 0.4) is 0 Å². The van der Waals surface area contributed by atoms with Gasteiger partial charge in [0.1, 0.15) is 18.5 Å². The van der Waals surface area contributed by atoms with E-state index >= 15 is 0 Å². The lowest BCUT2D eigenvalue weighted by molar-refractivity contribution is 0.0448. The Balaban J connectivity index is 1.68. The van der Waals surface area contributed by atoms with Crippen LogP contribution in [0.15, 0.2) is 84.9 Å². The number of hydrogen-bond acceptors (Lipinski definition) is 4. The molecule has 0 aliphatic heterocycles. The summed E-state index contributed by atoms with van der Waals surface area (Å²) in [5.74, 6) is 0.768. The standard InChI is InChI=1S/C28H35NO3/c1-22(2)29(28(24-10-6-4-7-11-24)25-12-8-5-9-13-25)20-26(30)21-32-27-16-14-23(15-17-27)18-19-31-3/h4-17,22,26,28,30H,18-21H2,1-3H3. The van der Waals surface area contributed by atoms with E-state index < -0.39 is 6.10 Å². The molecule has 0 radical (unpaired) electrons. The molecule has 1 atom stereocenters. The Morgan fingerprint density at radius 2 is 1.38 bits per heavy atom. The molecule has 0 saturated carbocycles. The average Bonchev–Trinajstić information content (AvgIpc) is 2.83. The summed E-state index contributed by atoms with van der Waals surface area (Å²) in [6.07, 6.45) is 0.267. The van der Waals surface area contributed by atoms with Crippen molar-refractivity contribution in [1.29, 1.82) is 0 Å². The molecule has 0 spiro atoms. The normalized spacial score (nSPS) is 12.5. The fourth-order valence-corrected chi connectivity index (χ4v) is 3.92. The first-order valence-electron chi connectivity index (χ1n) is 11.3. The maximum atomic E-state index is 10.9. The fraction of sp³-hybridized carbons (Fsp3) is 0.357. The number of benzene rings is 3. The summed E-state index contributed by atoms with van der Waals surface area (Å²) in [5.41, 5.74) is 3.64. The van der Waals surface area contributed by atoms with Gasteiger partial charge in [0.25, 0.3) is 0 Å². The molecule has 0 fully saturated rings. The number of nitrogens with zero attached hydrogens (tertiary/aromatic N) is 1. The largest absolute Gasteiger partial charge is 0.491 e. The van der Waals surface area contributed by atoms with Crippen molar-refractivity contribution in [2.75, 3.05) is 26.9 Å². The Hall–Kier alpha value is -2.66. The lowest BCUT2D eigenvalue weighted by Gasteiger charge is -2.37. The summed E-state index contributed by atoms with van der Waals surface area (Å²) in [5, 5.41) is 10.9. The second-order valence-electron chi connectivity index (χ2n) is 8.37. The second kappa shape index (κ2) is 12.4. The zero-order chi connectivity index (χ0) is 22.8. The van der Waals surface area contributed by atoms with Crippen LogP contribution in [0.25, 0.3) is 0 Å². The van der Waals surface area contributed by atoms with E-state index in [0.29, 0.717) is 13.2 Å². The molecule has 0 aliphatic carbocycles. The topological polar surface area (TPSA) is 41.9 Å². The third kappa shape index (κ3) is 6.92. The van der Waals surface area contributed by atoms with E-state index in [2.05, 4.69) is 67.3 Å². The van der Waals surface area contributed by atoms with Gasteiger partial charge < -0.3 is 14.6 Å². The maximum absolute atomic E-state index is 10.9. The summed E-state index contributed by atoms with van der Waals surface area (Å²) < 4.78 is 11.0. The van der Waals surface area contributed by atoms with Gasteiger partial charge in [0.2, 0.25) is 0 Å². The Morgan fingerprint density at radius 3 is 1.88 bits per heavy atom. The third-order valence-corrected chi connectivity index (χ3v) is 5.61. The summed E-state index contributed by atoms with van der Waals surface area (Å²) in [6.45, 7) is 5.80. The van der Waals surface area contributed by atoms with Crippen molar-refractivity contribution in [2.24, 2.45) is 0 Å². The predicted octanol–water partition coefficient (Wildman–Crippen LogP) is 5.12. The molecule has 32 heavy (non-hydrogen) atoms. The highest BCUT2D eigenvalue weighted by molar-refractivity contribution is 5.32. The molecule has 0 amide bonds. The quantitative estimate of drug-likeness (QED) is 0.431. The molecule has 170 valence electrons. The van der Waals surface area contributed by atoms with Crippen LogP contribution < -0.4 is 4.74 Å². The molecule has 3 aromatic carbocycles. The Morgan fingerprint density at radius 1 is 0.812 bits per heavy atom. The lowest BCUT2D eigenvalue weighted by atomic mass is 9.95. The van der Waals surface area contributed by atoms with Gasteiger partial charge in [-0.25, -0.2) is 0 Å². The molecule has 1 unspecified atom stereocenters.